The molecule has 0 radical (unpaired) electrons. The Morgan fingerprint density at radius 1 is 1.06 bits per heavy atom. The van der Waals surface area contributed by atoms with Crippen LogP contribution >= 0.6 is 11.6 Å². The molecule has 3 rings (SSSR count). The maximum atomic E-state index is 13.5. The molecule has 0 spiro atoms. The largest absolute Gasteiger partial charge is 0.490 e. The summed E-state index contributed by atoms with van der Waals surface area (Å²) in [5.74, 6) is 0.331. The topological polar surface area (TPSA) is 66.0 Å². The maximum absolute atomic E-state index is 13.5. The van der Waals surface area contributed by atoms with Crippen LogP contribution in [0.1, 0.15) is 29.2 Å². The van der Waals surface area contributed by atoms with Crippen molar-refractivity contribution in [2.75, 3.05) is 6.61 Å². The molecule has 6 heteroatoms. The molecule has 0 saturated heterocycles. The van der Waals surface area contributed by atoms with Gasteiger partial charge in [0.05, 0.1) is 34.9 Å². The van der Waals surface area contributed by atoms with Crippen molar-refractivity contribution in [3.8, 4) is 23.6 Å². The third-order valence-corrected chi connectivity index (χ3v) is 4.69. The lowest BCUT2D eigenvalue weighted by Crippen LogP contribution is -2.02. The Kier molecular flexibility index (Phi) is 7.27. The normalized spacial score (nSPS) is 10.8. The van der Waals surface area contributed by atoms with Crippen LogP contribution in [0.4, 0.5) is 4.39 Å². The number of rotatable bonds is 7. The van der Waals surface area contributed by atoms with E-state index in [1.54, 1.807) is 42.5 Å². The fourth-order valence-corrected chi connectivity index (χ4v) is 3.26. The van der Waals surface area contributed by atoms with Crippen LogP contribution in [0.3, 0.4) is 0 Å². The molecule has 0 fully saturated rings. The van der Waals surface area contributed by atoms with Crippen molar-refractivity contribution in [3.05, 3.63) is 93.8 Å². The molecule has 0 aliphatic rings. The highest BCUT2D eigenvalue weighted by Gasteiger charge is 2.14. The van der Waals surface area contributed by atoms with Crippen LogP contribution in [0.25, 0.3) is 11.6 Å². The Bertz CT molecular complexity index is 1210. The molecular weight excluding hydrogens is 415 g/mol. The van der Waals surface area contributed by atoms with Crippen molar-refractivity contribution >= 4 is 23.3 Å². The number of nitrogens with zero attached hydrogens (tertiary/aromatic N) is 2. The summed E-state index contributed by atoms with van der Waals surface area (Å²) in [6.07, 6.45) is 1.61. The summed E-state index contributed by atoms with van der Waals surface area (Å²) in [6, 6.07) is 20.5. The third kappa shape index (κ3) is 5.42. The molecule has 0 aromatic heterocycles. The number of benzene rings is 3. The third-order valence-electron chi connectivity index (χ3n) is 4.41. The first kappa shape index (κ1) is 21.9. The second-order valence-electron chi connectivity index (χ2n) is 6.50. The quantitative estimate of drug-likeness (QED) is 0.320. The summed E-state index contributed by atoms with van der Waals surface area (Å²) < 4.78 is 25.1. The van der Waals surface area contributed by atoms with E-state index in [4.69, 9.17) is 21.1 Å². The molecule has 0 heterocycles. The van der Waals surface area contributed by atoms with Crippen molar-refractivity contribution in [3.63, 3.8) is 0 Å². The second kappa shape index (κ2) is 10.3. The fraction of sp³-hybridized carbons (Fsp3) is 0.120. The smallest absolute Gasteiger partial charge is 0.180 e. The number of allylic oxidation sites excluding steroid dienone is 1. The predicted octanol–water partition coefficient (Wildman–Crippen LogP) is 6.39. The molecule has 0 bridgehead atoms. The van der Waals surface area contributed by atoms with Gasteiger partial charge < -0.3 is 9.47 Å². The van der Waals surface area contributed by atoms with Crippen molar-refractivity contribution in [2.45, 2.75) is 13.5 Å². The van der Waals surface area contributed by atoms with Gasteiger partial charge in [0.15, 0.2) is 11.5 Å². The van der Waals surface area contributed by atoms with Gasteiger partial charge in [-0.1, -0.05) is 41.9 Å². The molecule has 4 nitrogen and oxygen atoms in total. The summed E-state index contributed by atoms with van der Waals surface area (Å²) in [4.78, 5) is 0. The molecule has 154 valence electrons. The minimum Gasteiger partial charge on any atom is -0.490 e. The number of nitriles is 2. The Balaban J connectivity index is 1.95. The number of hydrogen-bond acceptors (Lipinski definition) is 4. The van der Waals surface area contributed by atoms with E-state index in [-0.39, 0.29) is 12.2 Å². The molecule has 0 aliphatic carbocycles. The second-order valence-corrected chi connectivity index (χ2v) is 6.91. The van der Waals surface area contributed by atoms with Crippen LogP contribution in [-0.2, 0) is 6.61 Å². The van der Waals surface area contributed by atoms with E-state index >= 15 is 0 Å². The van der Waals surface area contributed by atoms with Crippen molar-refractivity contribution in [1.82, 2.24) is 0 Å². The zero-order chi connectivity index (χ0) is 22.2. The van der Waals surface area contributed by atoms with E-state index in [9.17, 15) is 14.9 Å². The summed E-state index contributed by atoms with van der Waals surface area (Å²) in [7, 11) is 0. The molecule has 0 aliphatic heterocycles. The van der Waals surface area contributed by atoms with Crippen LogP contribution in [-0.4, -0.2) is 6.61 Å². The minimum atomic E-state index is -0.423. The monoisotopic (exact) mass is 432 g/mol. The summed E-state index contributed by atoms with van der Waals surface area (Å²) in [6.45, 7) is 2.35. The van der Waals surface area contributed by atoms with Crippen LogP contribution in [0.2, 0.25) is 5.02 Å². The van der Waals surface area contributed by atoms with E-state index in [0.29, 0.717) is 39.8 Å². The Labute approximate surface area is 185 Å². The molecule has 3 aromatic rings. The van der Waals surface area contributed by atoms with Gasteiger partial charge in [-0.2, -0.15) is 10.5 Å². The highest BCUT2D eigenvalue weighted by Crippen LogP contribution is 2.38. The van der Waals surface area contributed by atoms with Crippen molar-refractivity contribution in [2.24, 2.45) is 0 Å². The molecule has 31 heavy (non-hydrogen) atoms. The van der Waals surface area contributed by atoms with Crippen molar-refractivity contribution in [1.29, 1.82) is 10.5 Å². The van der Waals surface area contributed by atoms with Gasteiger partial charge in [-0.25, -0.2) is 4.39 Å². The molecule has 0 unspecified atom stereocenters. The first-order valence-corrected chi connectivity index (χ1v) is 9.88. The van der Waals surface area contributed by atoms with E-state index in [2.05, 4.69) is 12.1 Å². The van der Waals surface area contributed by atoms with Gasteiger partial charge >= 0.3 is 0 Å². The Morgan fingerprint density at radius 3 is 2.58 bits per heavy atom. The molecule has 0 atom stereocenters. The molecule has 0 saturated carbocycles. The average molecular weight is 433 g/mol. The summed E-state index contributed by atoms with van der Waals surface area (Å²) in [5, 5.41) is 19.1. The molecule has 0 amide bonds. The highest BCUT2D eigenvalue weighted by atomic mass is 35.5. The Hall–Kier alpha value is -3.80. The van der Waals surface area contributed by atoms with Gasteiger partial charge in [0.25, 0.3) is 0 Å². The first-order chi connectivity index (χ1) is 15.0. The van der Waals surface area contributed by atoms with Gasteiger partial charge in [0.1, 0.15) is 12.4 Å². The van der Waals surface area contributed by atoms with Gasteiger partial charge in [-0.15, -0.1) is 0 Å². The van der Waals surface area contributed by atoms with E-state index < -0.39 is 5.82 Å². The van der Waals surface area contributed by atoms with Gasteiger partial charge in [0, 0.05) is 5.56 Å². The SMILES string of the molecule is CCOc1cc(/C=C(/C#N)c2cccc(F)c2)cc(Cl)c1OCc1ccccc1C#N. The molecular formula is C25H18ClFN2O2. The van der Waals surface area contributed by atoms with E-state index in [1.807, 2.05) is 19.1 Å². The zero-order valence-electron chi connectivity index (χ0n) is 16.7. The zero-order valence-corrected chi connectivity index (χ0v) is 17.5. The lowest BCUT2D eigenvalue weighted by atomic mass is 10.0. The molecule has 0 N–H and O–H groups in total. The van der Waals surface area contributed by atoms with Gasteiger partial charge in [-0.3, -0.25) is 0 Å². The minimum absolute atomic E-state index is 0.144. The number of ether oxygens (including phenoxy) is 2. The summed E-state index contributed by atoms with van der Waals surface area (Å²) >= 11 is 6.47. The average Bonchev–Trinajstić information content (AvgIpc) is 2.77. The number of hydrogen-bond donors (Lipinski definition) is 0. The number of halogens is 2. The first-order valence-electron chi connectivity index (χ1n) is 9.50. The van der Waals surface area contributed by atoms with Crippen LogP contribution in [0.5, 0.6) is 11.5 Å². The Morgan fingerprint density at radius 2 is 1.87 bits per heavy atom. The van der Waals surface area contributed by atoms with Crippen LogP contribution < -0.4 is 9.47 Å². The summed E-state index contributed by atoms with van der Waals surface area (Å²) in [5.41, 5.74) is 2.61. The lowest BCUT2D eigenvalue weighted by molar-refractivity contribution is 0.269. The van der Waals surface area contributed by atoms with Crippen LogP contribution in [0, 0.1) is 28.5 Å². The van der Waals surface area contributed by atoms with Crippen molar-refractivity contribution < 1.29 is 13.9 Å². The van der Waals surface area contributed by atoms with E-state index in [0.717, 1.165) is 5.56 Å². The van der Waals surface area contributed by atoms with Crippen LogP contribution in [0.15, 0.2) is 60.7 Å². The fourth-order valence-electron chi connectivity index (χ4n) is 2.98. The maximum Gasteiger partial charge on any atom is 0.180 e. The standard InChI is InChI=1S/C25H18ClFN2O2/c1-2-30-24-12-17(10-21(15-29)18-8-5-9-22(27)13-18)11-23(26)25(24)31-16-20-7-4-3-6-19(20)14-28/h3-13H,2,16H2,1H3/b21-10-. The highest BCUT2D eigenvalue weighted by molar-refractivity contribution is 6.32. The van der Waals surface area contributed by atoms with Gasteiger partial charge in [-0.05, 0) is 54.5 Å². The predicted molar refractivity (Wildman–Crippen MR) is 118 cm³/mol. The van der Waals surface area contributed by atoms with Gasteiger partial charge in [0.2, 0.25) is 0 Å². The van der Waals surface area contributed by atoms with E-state index in [1.165, 1.54) is 12.1 Å². The molecule has 3 aromatic carbocycles. The lowest BCUT2D eigenvalue weighted by Gasteiger charge is -2.15.